The zero-order valence-electron chi connectivity index (χ0n) is 21.8. The van der Waals surface area contributed by atoms with Gasteiger partial charge in [0.05, 0.1) is 30.0 Å². The van der Waals surface area contributed by atoms with Crippen LogP contribution in [0.25, 0.3) is 5.76 Å². The Morgan fingerprint density at radius 2 is 1.68 bits per heavy atom. The van der Waals surface area contributed by atoms with Crippen LogP contribution in [0.2, 0.25) is 0 Å². The second-order valence-electron chi connectivity index (χ2n) is 9.74. The van der Waals surface area contributed by atoms with Gasteiger partial charge in [0.25, 0.3) is 11.7 Å². The zero-order chi connectivity index (χ0) is 26.7. The highest BCUT2D eigenvalue weighted by Crippen LogP contribution is 2.43. The second kappa shape index (κ2) is 10.5. The summed E-state index contributed by atoms with van der Waals surface area (Å²) in [6, 6.07) is 16.9. The maximum Gasteiger partial charge on any atom is 0.300 e. The first-order valence-corrected chi connectivity index (χ1v) is 12.4. The Balaban J connectivity index is 1.90. The van der Waals surface area contributed by atoms with Crippen molar-refractivity contribution in [3.8, 4) is 11.5 Å². The number of ketones is 1. The Labute approximate surface area is 217 Å². The molecule has 1 amide bonds. The SMILES string of the molecule is CCOc1ccc(/C(O)=C2/C(=O)C(=O)N(c3ccc(C(C)(C)C)cc3)C2c2ccccn2)c(OCC)c1. The summed E-state index contributed by atoms with van der Waals surface area (Å²) in [5.41, 5.74) is 2.28. The van der Waals surface area contributed by atoms with Crippen LogP contribution in [0.5, 0.6) is 11.5 Å². The first kappa shape index (κ1) is 25.9. The van der Waals surface area contributed by atoms with E-state index in [0.717, 1.165) is 5.56 Å². The van der Waals surface area contributed by atoms with E-state index in [1.807, 2.05) is 38.1 Å². The molecular formula is C30H32N2O5. The summed E-state index contributed by atoms with van der Waals surface area (Å²) in [4.78, 5) is 32.7. The predicted molar refractivity (Wildman–Crippen MR) is 143 cm³/mol. The third-order valence-electron chi connectivity index (χ3n) is 6.24. The number of anilines is 1. The van der Waals surface area contributed by atoms with Crippen molar-refractivity contribution in [3.05, 3.63) is 89.3 Å². The molecule has 2 aromatic carbocycles. The van der Waals surface area contributed by atoms with Crippen LogP contribution < -0.4 is 14.4 Å². The van der Waals surface area contributed by atoms with Crippen molar-refractivity contribution in [2.24, 2.45) is 0 Å². The number of rotatable bonds is 7. The number of aliphatic hydroxyl groups excluding tert-OH is 1. The molecular weight excluding hydrogens is 468 g/mol. The molecule has 1 atom stereocenters. The van der Waals surface area contributed by atoms with Crippen LogP contribution in [-0.4, -0.2) is 35.0 Å². The van der Waals surface area contributed by atoms with Gasteiger partial charge >= 0.3 is 0 Å². The minimum absolute atomic E-state index is 0.0475. The number of nitrogens with zero attached hydrogens (tertiary/aromatic N) is 2. The quantitative estimate of drug-likeness (QED) is 0.250. The number of hydrogen-bond donors (Lipinski definition) is 1. The lowest BCUT2D eigenvalue weighted by Crippen LogP contribution is -2.30. The minimum atomic E-state index is -0.914. The van der Waals surface area contributed by atoms with Crippen LogP contribution >= 0.6 is 0 Å². The molecule has 2 heterocycles. The predicted octanol–water partition coefficient (Wildman–Crippen LogP) is 5.80. The molecule has 7 heteroatoms. The number of pyridine rings is 1. The van der Waals surface area contributed by atoms with Crippen molar-refractivity contribution < 1.29 is 24.2 Å². The number of benzene rings is 2. The topological polar surface area (TPSA) is 89.0 Å². The van der Waals surface area contributed by atoms with Gasteiger partial charge in [0.15, 0.2) is 0 Å². The fourth-order valence-corrected chi connectivity index (χ4v) is 4.41. The van der Waals surface area contributed by atoms with E-state index in [-0.39, 0.29) is 16.7 Å². The van der Waals surface area contributed by atoms with Crippen molar-refractivity contribution in [2.45, 2.75) is 46.1 Å². The highest BCUT2D eigenvalue weighted by atomic mass is 16.5. The summed E-state index contributed by atoms with van der Waals surface area (Å²) in [6.45, 7) is 10.8. The fraction of sp³-hybridized carbons (Fsp3) is 0.300. The van der Waals surface area contributed by atoms with E-state index in [0.29, 0.717) is 41.7 Å². The molecule has 1 fully saturated rings. The van der Waals surface area contributed by atoms with Gasteiger partial charge in [-0.3, -0.25) is 19.5 Å². The summed E-state index contributed by atoms with van der Waals surface area (Å²) in [7, 11) is 0. The van der Waals surface area contributed by atoms with Crippen molar-refractivity contribution in [1.82, 2.24) is 4.98 Å². The van der Waals surface area contributed by atoms with Gasteiger partial charge in [0.1, 0.15) is 23.3 Å². The summed E-state index contributed by atoms with van der Waals surface area (Å²) in [6.07, 6.45) is 1.60. The monoisotopic (exact) mass is 500 g/mol. The molecule has 1 aliphatic rings. The van der Waals surface area contributed by atoms with Crippen molar-refractivity contribution in [1.29, 1.82) is 0 Å². The number of aliphatic hydroxyl groups is 1. The molecule has 1 aliphatic heterocycles. The Bertz CT molecular complexity index is 1320. The third kappa shape index (κ3) is 5.07. The average molecular weight is 501 g/mol. The molecule has 1 N–H and O–H groups in total. The van der Waals surface area contributed by atoms with Crippen molar-refractivity contribution >= 4 is 23.1 Å². The second-order valence-corrected chi connectivity index (χ2v) is 9.74. The number of ether oxygens (including phenoxy) is 2. The van der Waals surface area contributed by atoms with Crippen LogP contribution in [-0.2, 0) is 15.0 Å². The highest BCUT2D eigenvalue weighted by molar-refractivity contribution is 6.51. The van der Waals surface area contributed by atoms with E-state index in [2.05, 4.69) is 25.8 Å². The van der Waals surface area contributed by atoms with Gasteiger partial charge in [-0.2, -0.15) is 0 Å². The molecule has 4 rings (SSSR count). The molecule has 37 heavy (non-hydrogen) atoms. The normalized spacial score (nSPS) is 17.2. The molecule has 3 aromatic rings. The molecule has 1 saturated heterocycles. The van der Waals surface area contributed by atoms with Crippen LogP contribution in [0, 0.1) is 0 Å². The largest absolute Gasteiger partial charge is 0.507 e. The van der Waals surface area contributed by atoms with Gasteiger partial charge in [0.2, 0.25) is 0 Å². The minimum Gasteiger partial charge on any atom is -0.507 e. The first-order valence-electron chi connectivity index (χ1n) is 12.4. The Hall–Kier alpha value is -4.13. The summed E-state index contributed by atoms with van der Waals surface area (Å²) < 4.78 is 11.3. The lowest BCUT2D eigenvalue weighted by atomic mass is 9.87. The van der Waals surface area contributed by atoms with Crippen LogP contribution in [0.15, 0.2) is 72.4 Å². The molecule has 1 aromatic heterocycles. The molecule has 0 radical (unpaired) electrons. The Kier molecular flexibility index (Phi) is 7.34. The molecule has 1 unspecified atom stereocenters. The van der Waals surface area contributed by atoms with Crippen LogP contribution in [0.1, 0.15) is 57.5 Å². The van der Waals surface area contributed by atoms with Gasteiger partial charge in [0, 0.05) is 18.0 Å². The maximum absolute atomic E-state index is 13.4. The highest BCUT2D eigenvalue weighted by Gasteiger charge is 2.48. The molecule has 192 valence electrons. The van der Waals surface area contributed by atoms with Crippen LogP contribution in [0.3, 0.4) is 0 Å². The lowest BCUT2D eigenvalue weighted by Gasteiger charge is -2.26. The Morgan fingerprint density at radius 3 is 2.27 bits per heavy atom. The van der Waals surface area contributed by atoms with Gasteiger partial charge in [-0.1, -0.05) is 39.0 Å². The van der Waals surface area contributed by atoms with Crippen molar-refractivity contribution in [3.63, 3.8) is 0 Å². The molecule has 0 saturated carbocycles. The summed E-state index contributed by atoms with van der Waals surface area (Å²) >= 11 is 0. The van der Waals surface area contributed by atoms with Gasteiger partial charge in [-0.05, 0) is 61.2 Å². The average Bonchev–Trinajstić information content (AvgIpc) is 3.14. The molecule has 0 bridgehead atoms. The molecule has 7 nitrogen and oxygen atoms in total. The Morgan fingerprint density at radius 1 is 0.973 bits per heavy atom. The smallest absolute Gasteiger partial charge is 0.300 e. The third-order valence-corrected chi connectivity index (χ3v) is 6.24. The maximum atomic E-state index is 13.4. The lowest BCUT2D eigenvalue weighted by molar-refractivity contribution is -0.132. The van der Waals surface area contributed by atoms with E-state index in [1.165, 1.54) is 4.90 Å². The summed E-state index contributed by atoms with van der Waals surface area (Å²) in [5.74, 6) is -0.919. The number of amides is 1. The number of carbonyl (C=O) groups is 2. The molecule has 0 spiro atoms. The van der Waals surface area contributed by atoms with E-state index < -0.39 is 17.7 Å². The molecule has 0 aliphatic carbocycles. The first-order chi connectivity index (χ1) is 17.7. The van der Waals surface area contributed by atoms with Gasteiger partial charge in [-0.15, -0.1) is 0 Å². The summed E-state index contributed by atoms with van der Waals surface area (Å²) in [5, 5.41) is 11.5. The van der Waals surface area contributed by atoms with E-state index in [4.69, 9.17) is 9.47 Å². The van der Waals surface area contributed by atoms with E-state index >= 15 is 0 Å². The van der Waals surface area contributed by atoms with Gasteiger partial charge < -0.3 is 14.6 Å². The number of carbonyl (C=O) groups excluding carboxylic acids is 2. The number of aromatic nitrogens is 1. The number of hydrogen-bond acceptors (Lipinski definition) is 6. The van der Waals surface area contributed by atoms with Gasteiger partial charge in [-0.25, -0.2) is 0 Å². The zero-order valence-corrected chi connectivity index (χ0v) is 21.8. The van der Waals surface area contributed by atoms with Crippen molar-refractivity contribution in [2.75, 3.05) is 18.1 Å². The fourth-order valence-electron chi connectivity index (χ4n) is 4.41. The van der Waals surface area contributed by atoms with Crippen LogP contribution in [0.4, 0.5) is 5.69 Å². The standard InChI is InChI=1S/C30H32N2O5/c1-6-36-21-15-16-22(24(18-21)37-7-2)27(33)25-26(23-10-8-9-17-31-23)32(29(35)28(25)34)20-13-11-19(12-14-20)30(3,4)5/h8-18,26,33H,6-7H2,1-5H3/b27-25-. The van der Waals surface area contributed by atoms with E-state index in [9.17, 15) is 14.7 Å². The van der Waals surface area contributed by atoms with E-state index in [1.54, 1.807) is 42.6 Å². The number of Topliss-reactive ketones (excluding diaryl/α,β-unsaturated/α-hetero) is 1.